The van der Waals surface area contributed by atoms with Gasteiger partial charge < -0.3 is 14.3 Å². The largest absolute Gasteiger partial charge is 0.468 e. The summed E-state index contributed by atoms with van der Waals surface area (Å²) in [6, 6.07) is 8.92. The average Bonchev–Trinajstić information content (AvgIpc) is 3.11. The highest BCUT2D eigenvalue weighted by molar-refractivity contribution is 7.71. The number of β-amino-alcohol motifs (C(OH)–C–C–N with tert-alkyl or cyclic N) is 1. The van der Waals surface area contributed by atoms with Crippen LogP contribution in [-0.2, 0) is 16.2 Å². The van der Waals surface area contributed by atoms with Gasteiger partial charge in [0.05, 0.1) is 19.9 Å². The fraction of sp³-hybridized carbons (Fsp3) is 0.400. The van der Waals surface area contributed by atoms with Gasteiger partial charge in [0, 0.05) is 18.5 Å². The van der Waals surface area contributed by atoms with Gasteiger partial charge in [0.15, 0.2) is 0 Å². The maximum absolute atomic E-state index is 11.8. The molecule has 1 aromatic carbocycles. The molecule has 2 heterocycles. The summed E-state index contributed by atoms with van der Waals surface area (Å²) in [5.41, 5.74) is 0.823. The molecule has 0 radical (unpaired) electrons. The van der Waals surface area contributed by atoms with E-state index >= 15 is 0 Å². The van der Waals surface area contributed by atoms with Crippen LogP contribution in [0.5, 0.6) is 0 Å². The molecule has 1 saturated heterocycles. The monoisotopic (exact) mass is 335 g/mol. The average molecular weight is 335 g/mol. The van der Waals surface area contributed by atoms with Crippen LogP contribution in [0.4, 0.5) is 0 Å². The number of nitrogens with zero attached hydrogens (tertiary/aromatic N) is 3. The smallest absolute Gasteiger partial charge is 0.323 e. The molecule has 1 aliphatic heterocycles. The zero-order valence-corrected chi connectivity index (χ0v) is 13.4. The maximum Gasteiger partial charge on any atom is 0.323 e. The Kier molecular flexibility index (Phi) is 4.56. The van der Waals surface area contributed by atoms with Crippen LogP contribution in [0.2, 0.25) is 0 Å². The Morgan fingerprint density at radius 2 is 2.22 bits per heavy atom. The molecule has 0 saturated carbocycles. The van der Waals surface area contributed by atoms with Crippen LogP contribution in [0.15, 0.2) is 34.7 Å². The Hall–Kier alpha value is -2.03. The molecule has 0 aliphatic carbocycles. The third kappa shape index (κ3) is 3.34. The van der Waals surface area contributed by atoms with Crippen molar-refractivity contribution in [3.05, 3.63) is 35.2 Å². The second-order valence-electron chi connectivity index (χ2n) is 5.38. The number of ether oxygens (including phenoxy) is 1. The van der Waals surface area contributed by atoms with Crippen molar-refractivity contribution in [3.63, 3.8) is 0 Å². The third-order valence-corrected chi connectivity index (χ3v) is 4.09. The molecule has 3 rings (SSSR count). The molecule has 0 amide bonds. The van der Waals surface area contributed by atoms with E-state index in [4.69, 9.17) is 21.4 Å². The molecular formula is C15H17N3O4S. The normalized spacial score (nSPS) is 21.5. The number of hydrogen-bond acceptors (Lipinski definition) is 7. The topological polar surface area (TPSA) is 80.7 Å². The second kappa shape index (κ2) is 6.61. The number of methoxy groups -OCH3 is 1. The quantitative estimate of drug-likeness (QED) is 0.669. The SMILES string of the molecule is COC(=O)[C@@H]1C[C@@H](O)CN1Cn1nc(-c2ccccc2)oc1=S. The van der Waals surface area contributed by atoms with E-state index in [1.165, 1.54) is 11.8 Å². The van der Waals surface area contributed by atoms with Crippen molar-refractivity contribution in [2.24, 2.45) is 0 Å². The minimum atomic E-state index is -0.575. The van der Waals surface area contributed by atoms with Gasteiger partial charge >= 0.3 is 5.97 Å². The Bertz CT molecular complexity index is 743. The molecule has 1 aromatic heterocycles. The molecule has 1 fully saturated rings. The van der Waals surface area contributed by atoms with Crippen molar-refractivity contribution < 1.29 is 19.1 Å². The number of aromatic nitrogens is 2. The van der Waals surface area contributed by atoms with Crippen LogP contribution in [0.3, 0.4) is 0 Å². The summed E-state index contributed by atoms with van der Waals surface area (Å²) in [6.07, 6.45) is -0.239. The molecule has 0 spiro atoms. The highest BCUT2D eigenvalue weighted by Crippen LogP contribution is 2.21. The molecule has 0 unspecified atom stereocenters. The van der Waals surface area contributed by atoms with Crippen molar-refractivity contribution in [2.75, 3.05) is 13.7 Å². The lowest BCUT2D eigenvalue weighted by atomic mass is 10.2. The molecule has 2 aromatic rings. The van der Waals surface area contributed by atoms with Crippen LogP contribution in [0, 0.1) is 4.84 Å². The molecule has 1 N–H and O–H groups in total. The lowest BCUT2D eigenvalue weighted by Gasteiger charge is -2.21. The van der Waals surface area contributed by atoms with Crippen molar-refractivity contribution in [2.45, 2.75) is 25.2 Å². The van der Waals surface area contributed by atoms with Crippen LogP contribution in [-0.4, -0.2) is 51.6 Å². The maximum atomic E-state index is 11.8. The Labute approximate surface area is 138 Å². The predicted molar refractivity (Wildman–Crippen MR) is 83.9 cm³/mol. The Morgan fingerprint density at radius 3 is 2.91 bits per heavy atom. The minimum Gasteiger partial charge on any atom is -0.468 e. The summed E-state index contributed by atoms with van der Waals surface area (Å²) < 4.78 is 11.8. The van der Waals surface area contributed by atoms with Gasteiger partial charge in [0.25, 0.3) is 4.84 Å². The molecule has 7 nitrogen and oxygen atoms in total. The van der Waals surface area contributed by atoms with E-state index in [1.807, 2.05) is 30.3 Å². The van der Waals surface area contributed by atoms with E-state index in [9.17, 15) is 9.90 Å². The van der Waals surface area contributed by atoms with Crippen LogP contribution < -0.4 is 0 Å². The molecule has 0 bridgehead atoms. The van der Waals surface area contributed by atoms with E-state index in [0.29, 0.717) is 18.9 Å². The summed E-state index contributed by atoms with van der Waals surface area (Å²) in [5.74, 6) is 0.0461. The van der Waals surface area contributed by atoms with Crippen LogP contribution >= 0.6 is 12.2 Å². The van der Waals surface area contributed by atoms with Crippen LogP contribution in [0.25, 0.3) is 11.5 Å². The first-order chi connectivity index (χ1) is 11.1. The highest BCUT2D eigenvalue weighted by atomic mass is 32.1. The summed E-state index contributed by atoms with van der Waals surface area (Å²) in [6.45, 7) is 0.612. The minimum absolute atomic E-state index is 0.217. The number of carbonyl (C=O) groups excluding carboxylic acids is 1. The van der Waals surface area contributed by atoms with Gasteiger partial charge in [-0.05, 0) is 24.4 Å². The number of benzene rings is 1. The number of rotatable bonds is 4. The fourth-order valence-corrected chi connectivity index (χ4v) is 2.86. The van der Waals surface area contributed by atoms with Gasteiger partial charge in [-0.3, -0.25) is 9.69 Å². The van der Waals surface area contributed by atoms with Crippen molar-refractivity contribution in [1.82, 2.24) is 14.7 Å². The van der Waals surface area contributed by atoms with Crippen molar-refractivity contribution in [3.8, 4) is 11.5 Å². The number of carbonyl (C=O) groups is 1. The van der Waals surface area contributed by atoms with E-state index < -0.39 is 12.1 Å². The van der Waals surface area contributed by atoms with Gasteiger partial charge in [0.1, 0.15) is 6.04 Å². The fourth-order valence-electron chi connectivity index (χ4n) is 2.68. The predicted octanol–water partition coefficient (Wildman–Crippen LogP) is 1.44. The van der Waals surface area contributed by atoms with Crippen LogP contribution in [0.1, 0.15) is 6.42 Å². The Morgan fingerprint density at radius 1 is 1.48 bits per heavy atom. The standard InChI is InChI=1S/C15H17N3O4S/c1-21-14(20)12-7-11(19)8-17(12)9-18-15(23)22-13(16-18)10-5-3-2-4-6-10/h2-6,11-12,19H,7-9H2,1H3/t11-,12+/m1/s1. The lowest BCUT2D eigenvalue weighted by Crippen LogP contribution is -2.38. The first-order valence-electron chi connectivity index (χ1n) is 7.22. The zero-order valence-electron chi connectivity index (χ0n) is 12.6. The number of esters is 1. The molecule has 8 heteroatoms. The van der Waals surface area contributed by atoms with E-state index in [2.05, 4.69) is 5.10 Å². The molecular weight excluding hydrogens is 318 g/mol. The first-order valence-corrected chi connectivity index (χ1v) is 7.62. The number of hydrogen-bond donors (Lipinski definition) is 1. The third-order valence-electron chi connectivity index (χ3n) is 3.80. The Balaban J connectivity index is 1.82. The van der Waals surface area contributed by atoms with E-state index in [0.717, 1.165) is 5.56 Å². The van der Waals surface area contributed by atoms with Crippen molar-refractivity contribution >= 4 is 18.2 Å². The van der Waals surface area contributed by atoms with Gasteiger partial charge in [-0.15, -0.1) is 5.10 Å². The second-order valence-corrected chi connectivity index (χ2v) is 5.73. The number of aliphatic hydroxyl groups is 1. The van der Waals surface area contributed by atoms with Gasteiger partial charge in [-0.2, -0.15) is 0 Å². The summed E-state index contributed by atoms with van der Waals surface area (Å²) in [7, 11) is 1.33. The molecule has 2 atom stereocenters. The van der Waals surface area contributed by atoms with Crippen molar-refractivity contribution in [1.29, 1.82) is 0 Å². The summed E-state index contributed by atoms with van der Waals surface area (Å²) in [5, 5.41) is 14.2. The molecule has 1 aliphatic rings. The van der Waals surface area contributed by atoms with Gasteiger partial charge in [-0.25, -0.2) is 4.68 Å². The number of likely N-dealkylation sites (tertiary alicyclic amines) is 1. The number of aliphatic hydroxyl groups excluding tert-OH is 1. The summed E-state index contributed by atoms with van der Waals surface area (Å²) >= 11 is 5.20. The molecule has 122 valence electrons. The first kappa shape index (κ1) is 15.9. The van der Waals surface area contributed by atoms with Gasteiger partial charge in [0.2, 0.25) is 5.89 Å². The summed E-state index contributed by atoms with van der Waals surface area (Å²) in [4.78, 5) is 13.8. The zero-order chi connectivity index (χ0) is 16.4. The molecule has 23 heavy (non-hydrogen) atoms. The van der Waals surface area contributed by atoms with E-state index in [-0.39, 0.29) is 17.5 Å². The highest BCUT2D eigenvalue weighted by Gasteiger charge is 2.37. The van der Waals surface area contributed by atoms with Gasteiger partial charge in [-0.1, -0.05) is 18.2 Å². The van der Waals surface area contributed by atoms with E-state index in [1.54, 1.807) is 4.90 Å². The lowest BCUT2D eigenvalue weighted by molar-refractivity contribution is -0.146.